The second kappa shape index (κ2) is 7.84. The lowest BCUT2D eigenvalue weighted by Crippen LogP contribution is -2.34. The summed E-state index contributed by atoms with van der Waals surface area (Å²) in [5.41, 5.74) is 5.88. The Bertz CT molecular complexity index is 1290. The van der Waals surface area contributed by atoms with Crippen LogP contribution in [0.15, 0.2) is 115 Å². The summed E-state index contributed by atoms with van der Waals surface area (Å²) in [5, 5.41) is 2.44. The molecule has 0 fully saturated rings. The van der Waals surface area contributed by atoms with E-state index in [-0.39, 0.29) is 0 Å². The lowest BCUT2D eigenvalue weighted by molar-refractivity contribution is -0.581. The molecule has 0 aliphatic heterocycles. The number of ether oxygens (including phenoxy) is 1. The first kappa shape index (κ1) is 18.1. The molecule has 5 rings (SSSR count). The van der Waals surface area contributed by atoms with Crippen LogP contribution in [0.25, 0.3) is 38.8 Å². The molecule has 0 saturated carbocycles. The van der Waals surface area contributed by atoms with E-state index >= 15 is 0 Å². The zero-order valence-corrected chi connectivity index (χ0v) is 16.8. The number of rotatable bonds is 4. The Morgan fingerprint density at radius 3 is 1.87 bits per heavy atom. The Hall–Kier alpha value is -3.91. The fraction of sp³-hybridized carbons (Fsp3) is 0.0357. The van der Waals surface area contributed by atoms with Crippen molar-refractivity contribution in [2.45, 2.75) is 0 Å². The highest BCUT2D eigenvalue weighted by atomic mass is 16.5. The third-order valence-corrected chi connectivity index (χ3v) is 5.44. The summed E-state index contributed by atoms with van der Waals surface area (Å²) >= 11 is 0. The minimum atomic E-state index is 0.852. The Labute approximate surface area is 176 Å². The number of nitrogens with zero attached hydrogens (tertiary/aromatic N) is 1. The van der Waals surface area contributed by atoms with Crippen LogP contribution in [-0.2, 0) is 0 Å². The molecule has 0 spiro atoms. The van der Waals surface area contributed by atoms with Crippen molar-refractivity contribution >= 4 is 10.8 Å². The minimum Gasteiger partial charge on any atom is -0.497 e. The molecule has 0 atom stereocenters. The van der Waals surface area contributed by atoms with Crippen LogP contribution in [0.1, 0.15) is 0 Å². The molecule has 1 aromatic heterocycles. The highest BCUT2D eigenvalue weighted by molar-refractivity contribution is 6.01. The monoisotopic (exact) mass is 388 g/mol. The van der Waals surface area contributed by atoms with Gasteiger partial charge in [0.05, 0.1) is 12.7 Å². The van der Waals surface area contributed by atoms with Crippen molar-refractivity contribution in [2.75, 3.05) is 7.11 Å². The van der Waals surface area contributed by atoms with Crippen molar-refractivity contribution in [2.24, 2.45) is 0 Å². The molecular formula is C28H22NO+. The quantitative estimate of drug-likeness (QED) is 0.322. The van der Waals surface area contributed by atoms with Gasteiger partial charge in [0.15, 0.2) is 6.20 Å². The molecule has 30 heavy (non-hydrogen) atoms. The SMILES string of the molecule is COc1ccc(-[n+]2cc3ccccc3c(-c3ccccc3)c2-c2ccccc2)cc1. The van der Waals surface area contributed by atoms with E-state index in [2.05, 4.69) is 108 Å². The average molecular weight is 388 g/mol. The number of hydrogen-bond donors (Lipinski definition) is 0. The summed E-state index contributed by atoms with van der Waals surface area (Å²) in [6, 6.07) is 38.1. The predicted molar refractivity (Wildman–Crippen MR) is 123 cm³/mol. The van der Waals surface area contributed by atoms with Crippen molar-refractivity contribution in [3.8, 4) is 33.8 Å². The van der Waals surface area contributed by atoms with Gasteiger partial charge in [0.1, 0.15) is 5.75 Å². The maximum atomic E-state index is 5.37. The summed E-state index contributed by atoms with van der Waals surface area (Å²) in [4.78, 5) is 0. The van der Waals surface area contributed by atoms with E-state index in [4.69, 9.17) is 4.74 Å². The van der Waals surface area contributed by atoms with Gasteiger partial charge in [0, 0.05) is 28.5 Å². The molecular weight excluding hydrogens is 366 g/mol. The van der Waals surface area contributed by atoms with Crippen LogP contribution in [0, 0.1) is 0 Å². The molecule has 4 aromatic carbocycles. The number of fused-ring (bicyclic) bond motifs is 1. The molecule has 0 aliphatic rings. The van der Waals surface area contributed by atoms with Crippen molar-refractivity contribution in [3.05, 3.63) is 115 Å². The summed E-state index contributed by atoms with van der Waals surface area (Å²) in [6.45, 7) is 0. The van der Waals surface area contributed by atoms with E-state index in [1.165, 1.54) is 33.2 Å². The van der Waals surface area contributed by atoms with Crippen molar-refractivity contribution in [1.82, 2.24) is 0 Å². The van der Waals surface area contributed by atoms with Crippen LogP contribution in [0.2, 0.25) is 0 Å². The molecule has 0 aliphatic carbocycles. The molecule has 144 valence electrons. The van der Waals surface area contributed by atoms with Gasteiger partial charge in [-0.2, -0.15) is 4.57 Å². The first-order chi connectivity index (χ1) is 14.8. The normalized spacial score (nSPS) is 10.8. The number of hydrogen-bond acceptors (Lipinski definition) is 1. The van der Waals surface area contributed by atoms with Gasteiger partial charge in [0.25, 0.3) is 0 Å². The molecule has 0 radical (unpaired) electrons. The summed E-state index contributed by atoms with van der Waals surface area (Å²) in [6.07, 6.45) is 2.23. The first-order valence-electron chi connectivity index (χ1n) is 10.1. The largest absolute Gasteiger partial charge is 0.497 e. The molecule has 0 saturated heterocycles. The standard InChI is InChI=1S/C28H22NO/c1-30-25-18-16-24(17-19-25)29-20-23-14-8-9-15-26(23)27(21-10-4-2-5-11-21)28(29)22-12-6-3-7-13-22/h2-20H,1H3/q+1. The molecule has 5 aromatic rings. The highest BCUT2D eigenvalue weighted by Gasteiger charge is 2.25. The van der Waals surface area contributed by atoms with Crippen LogP contribution in [0.5, 0.6) is 5.75 Å². The zero-order valence-electron chi connectivity index (χ0n) is 16.8. The molecule has 0 amide bonds. The smallest absolute Gasteiger partial charge is 0.226 e. The maximum absolute atomic E-state index is 5.37. The lowest BCUT2D eigenvalue weighted by Gasteiger charge is -2.13. The molecule has 2 heteroatoms. The van der Waals surface area contributed by atoms with E-state index in [0.717, 1.165) is 11.4 Å². The average Bonchev–Trinajstić information content (AvgIpc) is 2.84. The van der Waals surface area contributed by atoms with Crippen LogP contribution >= 0.6 is 0 Å². The summed E-state index contributed by atoms with van der Waals surface area (Å²) < 4.78 is 7.67. The third kappa shape index (κ3) is 3.23. The Balaban J connectivity index is 1.92. The van der Waals surface area contributed by atoms with Gasteiger partial charge >= 0.3 is 0 Å². The molecule has 2 nitrogen and oxygen atoms in total. The summed E-state index contributed by atoms with van der Waals surface area (Å²) in [7, 11) is 1.70. The van der Waals surface area contributed by atoms with E-state index in [1.54, 1.807) is 7.11 Å². The van der Waals surface area contributed by atoms with Crippen LogP contribution in [-0.4, -0.2) is 7.11 Å². The minimum absolute atomic E-state index is 0.852. The predicted octanol–water partition coefficient (Wildman–Crippen LogP) is 6.46. The van der Waals surface area contributed by atoms with Gasteiger partial charge in [-0.25, -0.2) is 0 Å². The van der Waals surface area contributed by atoms with Crippen LogP contribution in [0.4, 0.5) is 0 Å². The van der Waals surface area contributed by atoms with Gasteiger partial charge in [0.2, 0.25) is 11.4 Å². The second-order valence-electron chi connectivity index (χ2n) is 7.24. The maximum Gasteiger partial charge on any atom is 0.226 e. The zero-order chi connectivity index (χ0) is 20.3. The van der Waals surface area contributed by atoms with Gasteiger partial charge in [-0.05, 0) is 35.9 Å². The fourth-order valence-electron chi connectivity index (χ4n) is 4.01. The summed E-state index contributed by atoms with van der Waals surface area (Å²) in [5.74, 6) is 0.852. The van der Waals surface area contributed by atoms with Gasteiger partial charge in [-0.1, -0.05) is 66.7 Å². The fourth-order valence-corrected chi connectivity index (χ4v) is 4.01. The molecule has 0 unspecified atom stereocenters. The molecule has 0 bridgehead atoms. The number of aromatic nitrogens is 1. The Morgan fingerprint density at radius 1 is 0.600 bits per heavy atom. The lowest BCUT2D eigenvalue weighted by atomic mass is 9.93. The van der Waals surface area contributed by atoms with Crippen LogP contribution < -0.4 is 9.30 Å². The number of benzene rings is 4. The van der Waals surface area contributed by atoms with Crippen LogP contribution in [0.3, 0.4) is 0 Å². The van der Waals surface area contributed by atoms with Crippen molar-refractivity contribution < 1.29 is 9.30 Å². The first-order valence-corrected chi connectivity index (χ1v) is 10.1. The van der Waals surface area contributed by atoms with E-state index in [1.807, 2.05) is 12.1 Å². The third-order valence-electron chi connectivity index (χ3n) is 5.44. The molecule has 1 heterocycles. The van der Waals surface area contributed by atoms with E-state index in [9.17, 15) is 0 Å². The van der Waals surface area contributed by atoms with E-state index in [0.29, 0.717) is 0 Å². The number of pyridine rings is 1. The Kier molecular flexibility index (Phi) is 4.74. The number of methoxy groups -OCH3 is 1. The van der Waals surface area contributed by atoms with Gasteiger partial charge < -0.3 is 4.74 Å². The van der Waals surface area contributed by atoms with Crippen molar-refractivity contribution in [1.29, 1.82) is 0 Å². The second-order valence-corrected chi connectivity index (χ2v) is 7.24. The molecule has 0 N–H and O–H groups in total. The van der Waals surface area contributed by atoms with E-state index < -0.39 is 0 Å². The van der Waals surface area contributed by atoms with Crippen molar-refractivity contribution in [3.63, 3.8) is 0 Å². The topological polar surface area (TPSA) is 13.1 Å². The van der Waals surface area contributed by atoms with Gasteiger partial charge in [-0.15, -0.1) is 0 Å². The highest BCUT2D eigenvalue weighted by Crippen LogP contribution is 2.36. The Morgan fingerprint density at radius 2 is 1.20 bits per heavy atom. The van der Waals surface area contributed by atoms with Gasteiger partial charge in [-0.3, -0.25) is 0 Å².